The smallest absolute Gasteiger partial charge is 0.255 e. The van der Waals surface area contributed by atoms with Gasteiger partial charge in [0, 0.05) is 48.4 Å². The lowest BCUT2D eigenvalue weighted by atomic mass is 9.98. The number of hydrogen-bond donors (Lipinski definition) is 2. The predicted molar refractivity (Wildman–Crippen MR) is 117 cm³/mol. The quantitative estimate of drug-likeness (QED) is 0.587. The third-order valence-corrected chi connectivity index (χ3v) is 6.01. The molecule has 0 radical (unpaired) electrons. The van der Waals surface area contributed by atoms with Gasteiger partial charge in [-0.05, 0) is 49.1 Å². The molecule has 9 heteroatoms. The van der Waals surface area contributed by atoms with Crippen molar-refractivity contribution in [3.8, 4) is 16.9 Å². The van der Waals surface area contributed by atoms with Crippen LogP contribution in [0.15, 0.2) is 30.5 Å². The number of nitrogens with one attached hydrogen (secondary N) is 1. The van der Waals surface area contributed by atoms with Crippen LogP contribution in [-0.2, 0) is 0 Å². The Bertz CT molecular complexity index is 1060. The first kappa shape index (κ1) is 21.8. The third kappa shape index (κ3) is 4.19. The van der Waals surface area contributed by atoms with Gasteiger partial charge in [0.05, 0.1) is 15.3 Å². The molecule has 0 aliphatic carbocycles. The van der Waals surface area contributed by atoms with Crippen molar-refractivity contribution in [3.63, 3.8) is 0 Å². The number of phenolic OH excluding ortho intramolecular Hbond substituents is 1. The molecule has 1 fully saturated rings. The highest BCUT2D eigenvalue weighted by atomic mass is 35.5. The second-order valence-electron chi connectivity index (χ2n) is 7.59. The summed E-state index contributed by atoms with van der Waals surface area (Å²) in [5.74, 6) is -1.00. The monoisotopic (exact) mass is 455 g/mol. The standard InChI is InChI=1S/C20H19ClFN3O2S.ClH/c1-20(2)10-25(4-3-23-20)19(27)14-6-11(5-12-9-24-28-18(12)14)17-15(21)7-13(26)8-16(17)22;/h5-9,23,26H,3-4,10H2,1-2H3;1H. The molecule has 1 saturated heterocycles. The van der Waals surface area contributed by atoms with E-state index in [0.717, 1.165) is 16.2 Å². The summed E-state index contributed by atoms with van der Waals surface area (Å²) >= 11 is 7.44. The second-order valence-corrected chi connectivity index (χ2v) is 8.80. The summed E-state index contributed by atoms with van der Waals surface area (Å²) in [6.45, 7) is 5.99. The number of nitrogens with zero attached hydrogens (tertiary/aromatic N) is 2. The van der Waals surface area contributed by atoms with Crippen LogP contribution < -0.4 is 5.32 Å². The van der Waals surface area contributed by atoms with E-state index in [4.69, 9.17) is 11.6 Å². The number of aromatic hydroxyl groups is 1. The average Bonchev–Trinajstić information content (AvgIpc) is 3.07. The van der Waals surface area contributed by atoms with Gasteiger partial charge in [-0.3, -0.25) is 4.79 Å². The van der Waals surface area contributed by atoms with Gasteiger partial charge in [0.1, 0.15) is 11.6 Å². The maximum atomic E-state index is 14.6. The van der Waals surface area contributed by atoms with Gasteiger partial charge in [-0.15, -0.1) is 12.4 Å². The van der Waals surface area contributed by atoms with E-state index in [9.17, 15) is 14.3 Å². The van der Waals surface area contributed by atoms with Gasteiger partial charge in [0.2, 0.25) is 0 Å². The van der Waals surface area contributed by atoms with Crippen LogP contribution in [0.2, 0.25) is 5.02 Å². The van der Waals surface area contributed by atoms with E-state index in [-0.39, 0.29) is 40.2 Å². The number of piperazine rings is 1. The van der Waals surface area contributed by atoms with Gasteiger partial charge in [0.25, 0.3) is 5.91 Å². The van der Waals surface area contributed by atoms with Gasteiger partial charge in [-0.1, -0.05) is 11.6 Å². The largest absolute Gasteiger partial charge is 0.508 e. The fraction of sp³-hybridized carbons (Fsp3) is 0.300. The van der Waals surface area contributed by atoms with Crippen LogP contribution in [0, 0.1) is 5.82 Å². The van der Waals surface area contributed by atoms with Crippen molar-refractivity contribution in [2.45, 2.75) is 19.4 Å². The molecule has 5 nitrogen and oxygen atoms in total. The predicted octanol–water partition coefficient (Wildman–Crippen LogP) is 4.71. The fourth-order valence-corrected chi connectivity index (χ4v) is 4.65. The molecule has 29 heavy (non-hydrogen) atoms. The lowest BCUT2D eigenvalue weighted by molar-refractivity contribution is 0.0654. The zero-order valence-corrected chi connectivity index (χ0v) is 18.2. The molecule has 2 heterocycles. The number of fused-ring (bicyclic) bond motifs is 1. The summed E-state index contributed by atoms with van der Waals surface area (Å²) in [6, 6.07) is 5.73. The molecule has 154 valence electrons. The van der Waals surface area contributed by atoms with Gasteiger partial charge in [0.15, 0.2) is 0 Å². The van der Waals surface area contributed by atoms with E-state index < -0.39 is 5.82 Å². The van der Waals surface area contributed by atoms with Crippen molar-refractivity contribution in [1.29, 1.82) is 0 Å². The number of carbonyl (C=O) groups excluding carboxylic acids is 1. The summed E-state index contributed by atoms with van der Waals surface area (Å²) in [7, 11) is 0. The Morgan fingerprint density at radius 2 is 2.10 bits per heavy atom. The molecule has 0 atom stereocenters. The van der Waals surface area contributed by atoms with Crippen molar-refractivity contribution >= 4 is 51.5 Å². The lowest BCUT2D eigenvalue weighted by Crippen LogP contribution is -2.58. The molecule has 0 bridgehead atoms. The third-order valence-electron chi connectivity index (χ3n) is 4.86. The van der Waals surface area contributed by atoms with Crippen molar-refractivity contribution in [2.24, 2.45) is 0 Å². The van der Waals surface area contributed by atoms with Crippen LogP contribution in [0.1, 0.15) is 24.2 Å². The molecule has 2 N–H and O–H groups in total. The summed E-state index contributed by atoms with van der Waals surface area (Å²) in [5, 5.41) is 13.8. The van der Waals surface area contributed by atoms with E-state index in [1.807, 2.05) is 4.90 Å². The van der Waals surface area contributed by atoms with Crippen molar-refractivity contribution < 1.29 is 14.3 Å². The number of rotatable bonds is 2. The van der Waals surface area contributed by atoms with Gasteiger partial charge < -0.3 is 15.3 Å². The van der Waals surface area contributed by atoms with Crippen molar-refractivity contribution in [2.75, 3.05) is 19.6 Å². The Hall–Kier alpha value is -1.93. The van der Waals surface area contributed by atoms with E-state index in [1.165, 1.54) is 17.6 Å². The minimum atomic E-state index is -0.644. The summed E-state index contributed by atoms with van der Waals surface area (Å²) in [4.78, 5) is 15.1. The first-order valence-electron chi connectivity index (χ1n) is 8.86. The normalized spacial score (nSPS) is 15.9. The SMILES string of the molecule is CC1(C)CN(C(=O)c2cc(-c3c(F)cc(O)cc3Cl)cc3cnsc23)CCN1.Cl. The van der Waals surface area contributed by atoms with Crippen molar-refractivity contribution in [3.05, 3.63) is 46.9 Å². The van der Waals surface area contributed by atoms with Crippen LogP contribution in [-0.4, -0.2) is 45.5 Å². The number of amides is 1. The molecule has 0 spiro atoms. The van der Waals surface area contributed by atoms with Crippen LogP contribution in [0.3, 0.4) is 0 Å². The van der Waals surface area contributed by atoms with E-state index >= 15 is 0 Å². The van der Waals surface area contributed by atoms with E-state index in [2.05, 4.69) is 23.5 Å². The summed E-state index contributed by atoms with van der Waals surface area (Å²) < 4.78 is 19.5. The minimum Gasteiger partial charge on any atom is -0.508 e. The topological polar surface area (TPSA) is 65.5 Å². The average molecular weight is 456 g/mol. The Labute approximate surface area is 183 Å². The number of phenols is 1. The highest BCUT2D eigenvalue weighted by molar-refractivity contribution is 7.13. The molecule has 4 rings (SSSR count). The van der Waals surface area contributed by atoms with Crippen LogP contribution in [0.5, 0.6) is 5.75 Å². The summed E-state index contributed by atoms with van der Waals surface area (Å²) in [6.07, 6.45) is 1.66. The molecule has 0 saturated carbocycles. The highest BCUT2D eigenvalue weighted by Gasteiger charge is 2.30. The minimum absolute atomic E-state index is 0. The Kier molecular flexibility index (Phi) is 6.06. The number of hydrogen-bond acceptors (Lipinski definition) is 5. The molecule has 1 amide bonds. The highest BCUT2D eigenvalue weighted by Crippen LogP contribution is 2.37. The maximum absolute atomic E-state index is 14.6. The number of carbonyl (C=O) groups is 1. The Morgan fingerprint density at radius 3 is 2.79 bits per heavy atom. The molecule has 2 aromatic carbocycles. The molecule has 1 aliphatic heterocycles. The molecular weight excluding hydrogens is 436 g/mol. The zero-order chi connectivity index (χ0) is 20.1. The maximum Gasteiger partial charge on any atom is 0.255 e. The molecule has 3 aromatic rings. The molecule has 1 aromatic heterocycles. The number of benzene rings is 2. The van der Waals surface area contributed by atoms with E-state index in [0.29, 0.717) is 30.8 Å². The number of aromatic nitrogens is 1. The van der Waals surface area contributed by atoms with Gasteiger partial charge >= 0.3 is 0 Å². The first-order chi connectivity index (χ1) is 13.2. The number of halogens is 3. The van der Waals surface area contributed by atoms with Crippen LogP contribution in [0.25, 0.3) is 21.2 Å². The van der Waals surface area contributed by atoms with E-state index in [1.54, 1.807) is 18.3 Å². The zero-order valence-electron chi connectivity index (χ0n) is 15.8. The van der Waals surface area contributed by atoms with Gasteiger partial charge in [-0.2, -0.15) is 4.37 Å². The summed E-state index contributed by atoms with van der Waals surface area (Å²) in [5.41, 5.74) is 0.941. The lowest BCUT2D eigenvalue weighted by Gasteiger charge is -2.39. The van der Waals surface area contributed by atoms with Gasteiger partial charge in [-0.25, -0.2) is 4.39 Å². The van der Waals surface area contributed by atoms with Crippen molar-refractivity contribution in [1.82, 2.24) is 14.6 Å². The molecular formula is C20H20Cl2FN3O2S. The van der Waals surface area contributed by atoms with Crippen LogP contribution in [0.4, 0.5) is 4.39 Å². The Balaban J connectivity index is 0.00000240. The molecule has 0 unspecified atom stereocenters. The molecule has 1 aliphatic rings. The fourth-order valence-electron chi connectivity index (χ4n) is 3.61. The Morgan fingerprint density at radius 1 is 1.34 bits per heavy atom. The first-order valence-corrected chi connectivity index (χ1v) is 10.0. The van der Waals surface area contributed by atoms with Crippen LogP contribution >= 0.6 is 35.5 Å². The second kappa shape index (κ2) is 8.07.